The monoisotopic (exact) mass is 419 g/mol. The maximum atomic E-state index is 12.7. The highest BCUT2D eigenvalue weighted by Crippen LogP contribution is 2.18. The van der Waals surface area contributed by atoms with Gasteiger partial charge in [-0.3, -0.25) is 14.5 Å². The Morgan fingerprint density at radius 1 is 0.833 bits per heavy atom. The molecule has 0 spiro atoms. The van der Waals surface area contributed by atoms with Gasteiger partial charge in [-0.05, 0) is 29.6 Å². The Morgan fingerprint density at radius 3 is 2.23 bits per heavy atom. The molecule has 1 amide bonds. The van der Waals surface area contributed by atoms with Gasteiger partial charge in [0.2, 0.25) is 5.78 Å². The molecule has 1 aliphatic heterocycles. The maximum absolute atomic E-state index is 12.7. The predicted octanol–water partition coefficient (Wildman–Crippen LogP) is 3.53. The van der Waals surface area contributed by atoms with Gasteiger partial charge < -0.3 is 10.2 Å². The van der Waals surface area contributed by atoms with Crippen molar-refractivity contribution in [3.8, 4) is 0 Å². The largest absolute Gasteiger partial charge is 0.369 e. The van der Waals surface area contributed by atoms with Gasteiger partial charge in [0.15, 0.2) is 0 Å². The molecule has 30 heavy (non-hydrogen) atoms. The summed E-state index contributed by atoms with van der Waals surface area (Å²) in [4.78, 5) is 30.8. The number of hydrogen-bond donors (Lipinski definition) is 1. The van der Waals surface area contributed by atoms with Crippen LogP contribution in [0.25, 0.3) is 0 Å². The van der Waals surface area contributed by atoms with Crippen molar-refractivity contribution < 1.29 is 9.59 Å². The Bertz CT molecular complexity index is 981. The fourth-order valence-corrected chi connectivity index (χ4v) is 4.39. The molecule has 1 aliphatic rings. The first kappa shape index (κ1) is 20.3. The van der Waals surface area contributed by atoms with Crippen molar-refractivity contribution >= 4 is 28.7 Å². The van der Waals surface area contributed by atoms with Gasteiger partial charge >= 0.3 is 0 Å². The molecule has 0 atom stereocenters. The van der Waals surface area contributed by atoms with Gasteiger partial charge in [-0.15, -0.1) is 11.3 Å². The van der Waals surface area contributed by atoms with Gasteiger partial charge in [0.25, 0.3) is 5.91 Å². The van der Waals surface area contributed by atoms with Crippen LogP contribution < -0.4 is 10.2 Å². The maximum Gasteiger partial charge on any atom is 0.252 e. The van der Waals surface area contributed by atoms with E-state index in [4.69, 9.17) is 0 Å². The number of ketones is 1. The van der Waals surface area contributed by atoms with Crippen molar-refractivity contribution in [2.75, 3.05) is 44.2 Å². The summed E-state index contributed by atoms with van der Waals surface area (Å²) in [7, 11) is 0. The minimum absolute atomic E-state index is 0.104. The molecule has 2 aromatic carbocycles. The number of nitrogens with zero attached hydrogens (tertiary/aromatic N) is 2. The van der Waals surface area contributed by atoms with Crippen molar-refractivity contribution in [1.29, 1.82) is 0 Å². The van der Waals surface area contributed by atoms with Gasteiger partial charge in [0, 0.05) is 50.5 Å². The second-order valence-corrected chi connectivity index (χ2v) is 8.22. The molecule has 154 valence electrons. The molecular weight excluding hydrogens is 394 g/mol. The molecule has 1 fully saturated rings. The predicted molar refractivity (Wildman–Crippen MR) is 122 cm³/mol. The van der Waals surface area contributed by atoms with Gasteiger partial charge in [-0.2, -0.15) is 0 Å². The molecule has 0 bridgehead atoms. The fourth-order valence-electron chi connectivity index (χ4n) is 3.71. The van der Waals surface area contributed by atoms with E-state index in [1.165, 1.54) is 17.0 Å². The number of anilines is 1. The van der Waals surface area contributed by atoms with Crippen LogP contribution in [0.2, 0.25) is 0 Å². The number of nitrogens with one attached hydrogen (secondary N) is 1. The van der Waals surface area contributed by atoms with Gasteiger partial charge in [-0.1, -0.05) is 42.5 Å². The first-order valence-electron chi connectivity index (χ1n) is 10.2. The van der Waals surface area contributed by atoms with E-state index in [-0.39, 0.29) is 11.7 Å². The summed E-state index contributed by atoms with van der Waals surface area (Å²) < 4.78 is 0. The molecule has 0 aliphatic carbocycles. The topological polar surface area (TPSA) is 52.7 Å². The van der Waals surface area contributed by atoms with E-state index < -0.39 is 0 Å². The SMILES string of the molecule is O=C(NCCN1CCN(c2ccccc2)CC1)c1ccccc1C(=O)c1cccs1. The summed E-state index contributed by atoms with van der Waals surface area (Å²) in [6.45, 7) is 5.27. The molecule has 2 heterocycles. The Kier molecular flexibility index (Phi) is 6.57. The second kappa shape index (κ2) is 9.69. The number of rotatable bonds is 7. The normalized spacial score (nSPS) is 14.5. The third-order valence-electron chi connectivity index (χ3n) is 5.37. The lowest BCUT2D eigenvalue weighted by molar-refractivity contribution is 0.0937. The number of para-hydroxylation sites is 1. The van der Waals surface area contributed by atoms with Crippen LogP contribution in [-0.4, -0.2) is 55.9 Å². The van der Waals surface area contributed by atoms with E-state index in [0.717, 1.165) is 32.7 Å². The zero-order valence-electron chi connectivity index (χ0n) is 16.8. The van der Waals surface area contributed by atoms with Crippen LogP contribution >= 0.6 is 11.3 Å². The van der Waals surface area contributed by atoms with Crippen molar-refractivity contribution in [2.24, 2.45) is 0 Å². The third kappa shape index (κ3) is 4.78. The fraction of sp³-hybridized carbons (Fsp3) is 0.250. The summed E-state index contributed by atoms with van der Waals surface area (Å²) in [5, 5.41) is 4.86. The summed E-state index contributed by atoms with van der Waals surface area (Å²) in [6, 6.07) is 21.1. The highest BCUT2D eigenvalue weighted by Gasteiger charge is 2.20. The minimum Gasteiger partial charge on any atom is -0.369 e. The number of piperazine rings is 1. The van der Waals surface area contributed by atoms with Crippen LogP contribution in [0, 0.1) is 0 Å². The number of carbonyl (C=O) groups is 2. The zero-order chi connectivity index (χ0) is 20.8. The minimum atomic E-state index is -0.196. The number of hydrogen-bond acceptors (Lipinski definition) is 5. The third-order valence-corrected chi connectivity index (χ3v) is 6.24. The number of thiophene rings is 1. The smallest absolute Gasteiger partial charge is 0.252 e. The molecule has 1 N–H and O–H groups in total. The molecule has 0 unspecified atom stereocenters. The van der Waals surface area contributed by atoms with E-state index in [1.54, 1.807) is 30.3 Å². The van der Waals surface area contributed by atoms with Crippen molar-refractivity contribution in [3.63, 3.8) is 0 Å². The zero-order valence-corrected chi connectivity index (χ0v) is 17.6. The lowest BCUT2D eigenvalue weighted by Gasteiger charge is -2.36. The van der Waals surface area contributed by atoms with E-state index in [9.17, 15) is 9.59 Å². The van der Waals surface area contributed by atoms with E-state index in [2.05, 4.69) is 39.4 Å². The van der Waals surface area contributed by atoms with Gasteiger partial charge in [0.05, 0.1) is 10.4 Å². The van der Waals surface area contributed by atoms with Crippen LogP contribution in [0.5, 0.6) is 0 Å². The summed E-state index contributed by atoms with van der Waals surface area (Å²) >= 11 is 1.39. The first-order valence-corrected chi connectivity index (χ1v) is 11.1. The highest BCUT2D eigenvalue weighted by molar-refractivity contribution is 7.12. The van der Waals surface area contributed by atoms with Crippen LogP contribution in [0.3, 0.4) is 0 Å². The van der Waals surface area contributed by atoms with Crippen molar-refractivity contribution in [1.82, 2.24) is 10.2 Å². The summed E-state index contributed by atoms with van der Waals surface area (Å²) in [5.41, 5.74) is 2.15. The number of amides is 1. The molecule has 3 aromatic rings. The molecule has 4 rings (SSSR count). The summed E-state index contributed by atoms with van der Waals surface area (Å²) in [5.74, 6) is -0.300. The standard InChI is InChI=1S/C24H25N3O2S/c28-23(22-11-6-18-30-22)20-9-4-5-10-21(20)24(29)25-12-13-26-14-16-27(17-15-26)19-7-2-1-3-8-19/h1-11,18H,12-17H2,(H,25,29). The summed E-state index contributed by atoms with van der Waals surface area (Å²) in [6.07, 6.45) is 0. The first-order chi connectivity index (χ1) is 14.7. The number of carbonyl (C=O) groups excluding carboxylic acids is 2. The number of benzene rings is 2. The van der Waals surface area contributed by atoms with E-state index >= 15 is 0 Å². The average molecular weight is 420 g/mol. The van der Waals surface area contributed by atoms with Crippen molar-refractivity contribution in [3.05, 3.63) is 88.1 Å². The van der Waals surface area contributed by atoms with Crippen LogP contribution in [0.4, 0.5) is 5.69 Å². The molecular formula is C24H25N3O2S. The molecule has 1 saturated heterocycles. The Balaban J connectivity index is 1.28. The Labute approximate surface area is 180 Å². The lowest BCUT2D eigenvalue weighted by Crippen LogP contribution is -2.48. The van der Waals surface area contributed by atoms with E-state index in [0.29, 0.717) is 22.5 Å². The average Bonchev–Trinajstić information content (AvgIpc) is 3.35. The molecule has 1 aromatic heterocycles. The lowest BCUT2D eigenvalue weighted by atomic mass is 10.0. The van der Waals surface area contributed by atoms with Crippen LogP contribution in [0.15, 0.2) is 72.1 Å². The Morgan fingerprint density at radius 2 is 1.53 bits per heavy atom. The highest BCUT2D eigenvalue weighted by atomic mass is 32.1. The molecule has 5 nitrogen and oxygen atoms in total. The van der Waals surface area contributed by atoms with Crippen LogP contribution in [0.1, 0.15) is 25.6 Å². The molecule has 0 saturated carbocycles. The Hall–Kier alpha value is -2.96. The van der Waals surface area contributed by atoms with Gasteiger partial charge in [0.1, 0.15) is 0 Å². The second-order valence-electron chi connectivity index (χ2n) is 7.27. The van der Waals surface area contributed by atoms with Gasteiger partial charge in [-0.25, -0.2) is 0 Å². The molecule has 0 radical (unpaired) electrons. The van der Waals surface area contributed by atoms with Crippen LogP contribution in [-0.2, 0) is 0 Å². The van der Waals surface area contributed by atoms with Crippen molar-refractivity contribution in [2.45, 2.75) is 0 Å². The van der Waals surface area contributed by atoms with E-state index in [1.807, 2.05) is 17.5 Å². The quantitative estimate of drug-likeness (QED) is 0.596. The molecule has 6 heteroatoms.